The molecule has 1 aliphatic rings. The number of hydrogen-bond acceptors (Lipinski definition) is 4. The molecule has 1 aliphatic heterocycles. The van der Waals surface area contributed by atoms with E-state index in [-0.39, 0.29) is 0 Å². The van der Waals surface area contributed by atoms with E-state index in [0.29, 0.717) is 12.5 Å². The van der Waals surface area contributed by atoms with Crippen molar-refractivity contribution in [2.45, 2.75) is 12.5 Å². The number of nitrogens with zero attached hydrogens (tertiary/aromatic N) is 2. The quantitative estimate of drug-likeness (QED) is 0.749. The number of rotatable bonds is 2. The monoisotopic (exact) mass is 208 g/mol. The maximum Gasteiger partial charge on any atom is 0.0944 e. The zero-order valence-electron chi connectivity index (χ0n) is 6.93. The average molecular weight is 208 g/mol. The summed E-state index contributed by atoms with van der Waals surface area (Å²) in [7, 11) is 0. The number of aliphatic imine (C=N–C) groups is 1. The lowest BCUT2D eigenvalue weighted by Gasteiger charge is -1.99. The van der Waals surface area contributed by atoms with Gasteiger partial charge < -0.3 is 0 Å². The second kappa shape index (κ2) is 3.95. The van der Waals surface area contributed by atoms with Crippen LogP contribution in [-0.4, -0.2) is 10.8 Å². The largest absolute Gasteiger partial charge is 0.272 e. The van der Waals surface area contributed by atoms with Crippen LogP contribution in [0.15, 0.2) is 22.5 Å². The molecule has 1 aromatic heterocycles. The molecule has 2 nitrogen and oxygen atoms in total. The molecule has 0 saturated heterocycles. The topological polar surface area (TPSA) is 36.1 Å². The predicted octanol–water partition coefficient (Wildman–Crippen LogP) is 2.85. The predicted molar refractivity (Wildman–Crippen MR) is 57.2 cm³/mol. The van der Waals surface area contributed by atoms with Crippen LogP contribution in [0, 0.1) is 11.3 Å². The van der Waals surface area contributed by atoms with Gasteiger partial charge in [-0.15, -0.1) is 23.1 Å². The molecule has 1 atom stereocenters. The minimum absolute atomic E-state index is 0.299. The molecule has 0 radical (unpaired) electrons. The normalized spacial score (nSPS) is 21.2. The Morgan fingerprint density at radius 2 is 2.62 bits per heavy atom. The molecule has 0 amide bonds. The summed E-state index contributed by atoms with van der Waals surface area (Å²) >= 11 is 3.44. The molecule has 4 heteroatoms. The van der Waals surface area contributed by atoms with Gasteiger partial charge in [0.15, 0.2) is 0 Å². The Morgan fingerprint density at radius 3 is 3.31 bits per heavy atom. The molecule has 1 unspecified atom stereocenters. The summed E-state index contributed by atoms with van der Waals surface area (Å²) in [5.41, 5.74) is 0. The van der Waals surface area contributed by atoms with Gasteiger partial charge in [-0.1, -0.05) is 6.07 Å². The minimum atomic E-state index is 0.299. The van der Waals surface area contributed by atoms with Crippen molar-refractivity contribution >= 4 is 28.1 Å². The molecule has 0 fully saturated rings. The van der Waals surface area contributed by atoms with Gasteiger partial charge in [-0.2, -0.15) is 5.26 Å². The van der Waals surface area contributed by atoms with Crippen molar-refractivity contribution in [1.29, 1.82) is 5.26 Å². The lowest BCUT2D eigenvalue weighted by Crippen LogP contribution is -1.88. The summed E-state index contributed by atoms with van der Waals surface area (Å²) < 4.78 is 0. The smallest absolute Gasteiger partial charge is 0.0944 e. The highest BCUT2D eigenvalue weighted by Gasteiger charge is 2.19. The summed E-state index contributed by atoms with van der Waals surface area (Å²) in [6.45, 7) is 0. The van der Waals surface area contributed by atoms with Crippen LogP contribution in [0.3, 0.4) is 0 Å². The minimum Gasteiger partial charge on any atom is -0.272 e. The molecule has 0 aromatic carbocycles. The lowest BCUT2D eigenvalue weighted by molar-refractivity contribution is 0.869. The van der Waals surface area contributed by atoms with Gasteiger partial charge in [0.25, 0.3) is 0 Å². The first-order valence-electron chi connectivity index (χ1n) is 4.00. The van der Waals surface area contributed by atoms with Crippen molar-refractivity contribution in [3.05, 3.63) is 22.4 Å². The standard InChI is InChI=1S/C9H8N2S2/c10-4-3-9-11-7(6-13-9)8-2-1-5-12-8/h1-2,5,7H,3,6H2. The van der Waals surface area contributed by atoms with Gasteiger partial charge in [-0.3, -0.25) is 4.99 Å². The summed E-state index contributed by atoms with van der Waals surface area (Å²) in [5, 5.41) is 11.6. The third-order valence-corrected chi connectivity index (χ3v) is 3.85. The zero-order valence-corrected chi connectivity index (χ0v) is 8.57. The van der Waals surface area contributed by atoms with Gasteiger partial charge in [0.1, 0.15) is 0 Å². The summed E-state index contributed by atoms with van der Waals surface area (Å²) in [6.07, 6.45) is 0.465. The maximum absolute atomic E-state index is 8.50. The molecular weight excluding hydrogens is 200 g/mol. The highest BCUT2D eigenvalue weighted by atomic mass is 32.2. The van der Waals surface area contributed by atoms with Crippen LogP contribution in [0.5, 0.6) is 0 Å². The van der Waals surface area contributed by atoms with Crippen LogP contribution < -0.4 is 0 Å². The molecule has 1 aromatic rings. The van der Waals surface area contributed by atoms with Gasteiger partial charge in [-0.05, 0) is 11.4 Å². The Bertz CT molecular complexity index is 348. The Morgan fingerprint density at radius 1 is 1.69 bits per heavy atom. The first kappa shape index (κ1) is 8.79. The zero-order chi connectivity index (χ0) is 9.10. The van der Waals surface area contributed by atoms with Crippen LogP contribution in [0.25, 0.3) is 0 Å². The maximum atomic E-state index is 8.50. The molecule has 2 heterocycles. The van der Waals surface area contributed by atoms with Crippen LogP contribution >= 0.6 is 23.1 Å². The highest BCUT2D eigenvalue weighted by molar-refractivity contribution is 8.14. The van der Waals surface area contributed by atoms with E-state index < -0.39 is 0 Å². The van der Waals surface area contributed by atoms with Crippen LogP contribution in [-0.2, 0) is 0 Å². The third kappa shape index (κ3) is 1.93. The van der Waals surface area contributed by atoms with Crippen LogP contribution in [0.2, 0.25) is 0 Å². The molecule has 0 bridgehead atoms. The van der Waals surface area contributed by atoms with Crippen molar-refractivity contribution < 1.29 is 0 Å². The van der Waals surface area contributed by atoms with E-state index in [1.807, 2.05) is 6.07 Å². The van der Waals surface area contributed by atoms with Crippen molar-refractivity contribution in [3.8, 4) is 6.07 Å². The molecular formula is C9H8N2S2. The molecule has 0 saturated carbocycles. The van der Waals surface area contributed by atoms with Gasteiger partial charge >= 0.3 is 0 Å². The molecule has 13 heavy (non-hydrogen) atoms. The summed E-state index contributed by atoms with van der Waals surface area (Å²) in [6, 6.07) is 6.58. The number of thiophene rings is 1. The fourth-order valence-corrected chi connectivity index (χ4v) is 3.06. The summed E-state index contributed by atoms with van der Waals surface area (Å²) in [4.78, 5) is 5.79. The van der Waals surface area contributed by atoms with E-state index in [2.05, 4.69) is 22.5 Å². The Balaban J connectivity index is 2.10. The Kier molecular flexibility index (Phi) is 2.67. The third-order valence-electron chi connectivity index (χ3n) is 1.81. The van der Waals surface area contributed by atoms with E-state index in [1.54, 1.807) is 23.1 Å². The number of thioether (sulfide) groups is 1. The SMILES string of the molecule is N#CCC1=NC(c2cccs2)CS1. The Labute approximate surface area is 85.3 Å². The highest BCUT2D eigenvalue weighted by Crippen LogP contribution is 2.33. The lowest BCUT2D eigenvalue weighted by atomic mass is 10.3. The van der Waals surface area contributed by atoms with E-state index in [0.717, 1.165) is 10.8 Å². The van der Waals surface area contributed by atoms with E-state index in [9.17, 15) is 0 Å². The van der Waals surface area contributed by atoms with Gasteiger partial charge in [0, 0.05) is 10.6 Å². The van der Waals surface area contributed by atoms with Gasteiger partial charge in [-0.25, -0.2) is 0 Å². The number of hydrogen-bond donors (Lipinski definition) is 0. The molecule has 0 aliphatic carbocycles. The van der Waals surface area contributed by atoms with Gasteiger partial charge in [0.2, 0.25) is 0 Å². The van der Waals surface area contributed by atoms with E-state index in [4.69, 9.17) is 5.26 Å². The van der Waals surface area contributed by atoms with Crippen molar-refractivity contribution in [1.82, 2.24) is 0 Å². The van der Waals surface area contributed by atoms with Crippen molar-refractivity contribution in [2.24, 2.45) is 4.99 Å². The second-order valence-corrected chi connectivity index (χ2v) is 4.77. The summed E-state index contributed by atoms with van der Waals surface area (Å²) in [5.74, 6) is 0.998. The van der Waals surface area contributed by atoms with Gasteiger partial charge in [0.05, 0.1) is 23.6 Å². The second-order valence-electron chi connectivity index (χ2n) is 2.70. The average Bonchev–Trinajstić information content (AvgIpc) is 2.70. The van der Waals surface area contributed by atoms with Crippen molar-refractivity contribution in [3.63, 3.8) is 0 Å². The first-order valence-corrected chi connectivity index (χ1v) is 5.86. The molecule has 0 N–H and O–H groups in total. The molecule has 66 valence electrons. The van der Waals surface area contributed by atoms with E-state index in [1.165, 1.54) is 4.88 Å². The van der Waals surface area contributed by atoms with Crippen molar-refractivity contribution in [2.75, 3.05) is 5.75 Å². The fourth-order valence-electron chi connectivity index (χ4n) is 1.21. The van der Waals surface area contributed by atoms with Crippen LogP contribution in [0.1, 0.15) is 17.3 Å². The first-order chi connectivity index (χ1) is 6.40. The molecule has 0 spiro atoms. The van der Waals surface area contributed by atoms with Crippen LogP contribution in [0.4, 0.5) is 0 Å². The molecule has 2 rings (SSSR count). The number of nitriles is 1. The fraction of sp³-hybridized carbons (Fsp3) is 0.333. The van der Waals surface area contributed by atoms with E-state index >= 15 is 0 Å². The Hall–Kier alpha value is -0.790.